The van der Waals surface area contributed by atoms with Gasteiger partial charge in [0.1, 0.15) is 18.6 Å². The van der Waals surface area contributed by atoms with Gasteiger partial charge in [0.05, 0.1) is 0 Å². The van der Waals surface area contributed by atoms with Crippen LogP contribution < -0.4 is 10.2 Å². The van der Waals surface area contributed by atoms with E-state index in [0.717, 1.165) is 17.9 Å². The number of aliphatic hydroxyl groups excluding tert-OH is 1. The quantitative estimate of drug-likeness (QED) is 0.639. The standard InChI is InChI=1S/C14H13NO6/c16-11-6-13(12(17)7-15(18)19)21-9-14(11)20-8-10-4-2-1-3-5-10/h1-6,9,12,17H,7-8H2/t12-/m1/s1. The Kier molecular flexibility index (Phi) is 4.68. The van der Waals surface area contributed by atoms with E-state index in [9.17, 15) is 20.0 Å². The lowest BCUT2D eigenvalue weighted by Gasteiger charge is -2.07. The van der Waals surface area contributed by atoms with Crippen LogP contribution in [0, 0.1) is 10.1 Å². The average Bonchev–Trinajstić information content (AvgIpc) is 2.46. The van der Waals surface area contributed by atoms with Crippen molar-refractivity contribution in [3.63, 3.8) is 0 Å². The number of aliphatic hydroxyl groups is 1. The summed E-state index contributed by atoms with van der Waals surface area (Å²) in [6.45, 7) is -0.532. The summed E-state index contributed by atoms with van der Waals surface area (Å²) in [5, 5.41) is 19.8. The molecule has 0 aliphatic heterocycles. The zero-order chi connectivity index (χ0) is 15.2. The fraction of sp³-hybridized carbons (Fsp3) is 0.214. The first-order valence-corrected chi connectivity index (χ1v) is 6.15. The van der Waals surface area contributed by atoms with Gasteiger partial charge in [-0.1, -0.05) is 30.3 Å². The van der Waals surface area contributed by atoms with Gasteiger partial charge in [0.15, 0.2) is 6.10 Å². The number of benzene rings is 1. The number of nitrogens with zero attached hydrogens (tertiary/aromatic N) is 1. The molecule has 0 aliphatic carbocycles. The van der Waals surface area contributed by atoms with Crippen molar-refractivity contribution >= 4 is 0 Å². The SMILES string of the molecule is O=c1cc([C@H](O)C[N+](=O)[O-])occ1OCc1ccccc1. The van der Waals surface area contributed by atoms with E-state index in [2.05, 4.69) is 0 Å². The van der Waals surface area contributed by atoms with E-state index in [-0.39, 0.29) is 18.1 Å². The molecule has 0 unspecified atom stereocenters. The average molecular weight is 291 g/mol. The highest BCUT2D eigenvalue weighted by molar-refractivity contribution is 5.20. The summed E-state index contributed by atoms with van der Waals surface area (Å²) < 4.78 is 10.3. The van der Waals surface area contributed by atoms with Crippen LogP contribution in [0.1, 0.15) is 17.4 Å². The molecule has 1 heterocycles. The number of hydrogen-bond donors (Lipinski definition) is 1. The maximum Gasteiger partial charge on any atom is 0.236 e. The van der Waals surface area contributed by atoms with Crippen LogP contribution in [0.4, 0.5) is 0 Å². The van der Waals surface area contributed by atoms with E-state index >= 15 is 0 Å². The van der Waals surface area contributed by atoms with Gasteiger partial charge in [0.25, 0.3) is 0 Å². The minimum Gasteiger partial charge on any atom is -0.482 e. The molecule has 7 nitrogen and oxygen atoms in total. The van der Waals surface area contributed by atoms with Gasteiger partial charge in [-0.25, -0.2) is 0 Å². The van der Waals surface area contributed by atoms with Gasteiger partial charge in [-0.05, 0) is 5.56 Å². The molecule has 1 N–H and O–H groups in total. The molecular formula is C14H13NO6. The molecule has 0 aliphatic rings. The van der Waals surface area contributed by atoms with Crippen LogP contribution in [-0.2, 0) is 6.61 Å². The van der Waals surface area contributed by atoms with Crippen LogP contribution in [0.15, 0.2) is 51.9 Å². The molecule has 110 valence electrons. The number of hydrogen-bond acceptors (Lipinski definition) is 6. The molecule has 0 radical (unpaired) electrons. The smallest absolute Gasteiger partial charge is 0.236 e. The Bertz CT molecular complexity index is 667. The highest BCUT2D eigenvalue weighted by Crippen LogP contribution is 2.15. The fourth-order valence-corrected chi connectivity index (χ4v) is 1.66. The molecule has 0 saturated heterocycles. The van der Waals surface area contributed by atoms with Crippen molar-refractivity contribution in [3.8, 4) is 5.75 Å². The van der Waals surface area contributed by atoms with Crippen LogP contribution in [0.5, 0.6) is 5.75 Å². The number of ether oxygens (including phenoxy) is 1. The summed E-state index contributed by atoms with van der Waals surface area (Å²) in [5.41, 5.74) is 0.379. The molecule has 0 saturated carbocycles. The third-order valence-electron chi connectivity index (χ3n) is 2.71. The lowest BCUT2D eigenvalue weighted by molar-refractivity contribution is -0.492. The van der Waals surface area contributed by atoms with Gasteiger partial charge >= 0.3 is 0 Å². The van der Waals surface area contributed by atoms with E-state index in [0.29, 0.717) is 0 Å². The predicted molar refractivity (Wildman–Crippen MR) is 72.6 cm³/mol. The first-order valence-electron chi connectivity index (χ1n) is 6.15. The molecule has 7 heteroatoms. The second kappa shape index (κ2) is 6.67. The molecule has 21 heavy (non-hydrogen) atoms. The normalized spacial score (nSPS) is 11.9. The fourth-order valence-electron chi connectivity index (χ4n) is 1.66. The van der Waals surface area contributed by atoms with Gasteiger partial charge in [0, 0.05) is 11.0 Å². The molecule has 0 bridgehead atoms. The topological polar surface area (TPSA) is 103 Å². The molecule has 2 aromatic rings. The highest BCUT2D eigenvalue weighted by Gasteiger charge is 2.18. The van der Waals surface area contributed by atoms with Gasteiger partial charge in [-0.3, -0.25) is 14.9 Å². The van der Waals surface area contributed by atoms with Crippen LogP contribution in [0.2, 0.25) is 0 Å². The van der Waals surface area contributed by atoms with E-state index in [4.69, 9.17) is 9.15 Å². The van der Waals surface area contributed by atoms with Crippen LogP contribution in [0.3, 0.4) is 0 Å². The van der Waals surface area contributed by atoms with Crippen molar-refractivity contribution in [2.75, 3.05) is 6.54 Å². The van der Waals surface area contributed by atoms with E-state index < -0.39 is 23.0 Å². The third kappa shape index (κ3) is 4.15. The molecule has 1 aromatic heterocycles. The Morgan fingerprint density at radius 2 is 2.05 bits per heavy atom. The van der Waals surface area contributed by atoms with Crippen LogP contribution in [0.25, 0.3) is 0 Å². The minimum absolute atomic E-state index is 0.0177. The number of nitro groups is 1. The second-order valence-corrected chi connectivity index (χ2v) is 4.32. The first-order chi connectivity index (χ1) is 10.1. The zero-order valence-corrected chi connectivity index (χ0v) is 11.0. The summed E-state index contributed by atoms with van der Waals surface area (Å²) in [5.74, 6) is -0.181. The monoisotopic (exact) mass is 291 g/mol. The minimum atomic E-state index is -1.46. The zero-order valence-electron chi connectivity index (χ0n) is 11.0. The van der Waals surface area contributed by atoms with Crippen molar-refractivity contribution in [2.24, 2.45) is 0 Å². The van der Waals surface area contributed by atoms with Crippen LogP contribution >= 0.6 is 0 Å². The summed E-state index contributed by atoms with van der Waals surface area (Å²) in [4.78, 5) is 21.4. The first kappa shape index (κ1) is 14.7. The molecular weight excluding hydrogens is 278 g/mol. The Hall–Kier alpha value is -2.67. The summed E-state index contributed by atoms with van der Waals surface area (Å²) >= 11 is 0. The Morgan fingerprint density at radius 1 is 1.33 bits per heavy atom. The predicted octanol–water partition coefficient (Wildman–Crippen LogP) is 1.53. The largest absolute Gasteiger partial charge is 0.482 e. The molecule has 1 atom stereocenters. The van der Waals surface area contributed by atoms with Gasteiger partial charge < -0.3 is 14.3 Å². The molecule has 0 amide bonds. The van der Waals surface area contributed by atoms with Crippen molar-refractivity contribution in [1.82, 2.24) is 0 Å². The molecule has 1 aromatic carbocycles. The summed E-state index contributed by atoms with van der Waals surface area (Å²) in [6.07, 6.45) is -0.417. The van der Waals surface area contributed by atoms with E-state index in [1.807, 2.05) is 30.3 Å². The maximum atomic E-state index is 11.8. The van der Waals surface area contributed by atoms with Gasteiger partial charge in [-0.2, -0.15) is 0 Å². The van der Waals surface area contributed by atoms with Crippen molar-refractivity contribution in [2.45, 2.75) is 12.7 Å². The lowest BCUT2D eigenvalue weighted by Crippen LogP contribution is -2.15. The molecule has 0 spiro atoms. The summed E-state index contributed by atoms with van der Waals surface area (Å²) in [6, 6.07) is 10.2. The third-order valence-corrected chi connectivity index (χ3v) is 2.71. The van der Waals surface area contributed by atoms with E-state index in [1.54, 1.807) is 0 Å². The van der Waals surface area contributed by atoms with Gasteiger partial charge in [0.2, 0.25) is 17.7 Å². The van der Waals surface area contributed by atoms with Crippen molar-refractivity contribution < 1.29 is 19.2 Å². The van der Waals surface area contributed by atoms with Gasteiger partial charge in [-0.15, -0.1) is 0 Å². The molecule has 2 rings (SSSR count). The highest BCUT2D eigenvalue weighted by atomic mass is 16.6. The Labute approximate surface area is 119 Å². The Morgan fingerprint density at radius 3 is 2.67 bits per heavy atom. The summed E-state index contributed by atoms with van der Waals surface area (Å²) in [7, 11) is 0. The lowest BCUT2D eigenvalue weighted by atomic mass is 10.2. The van der Waals surface area contributed by atoms with Crippen molar-refractivity contribution in [3.05, 3.63) is 74.3 Å². The van der Waals surface area contributed by atoms with Crippen LogP contribution in [-0.4, -0.2) is 16.6 Å². The molecule has 0 fully saturated rings. The van der Waals surface area contributed by atoms with Crippen molar-refractivity contribution in [1.29, 1.82) is 0 Å². The van der Waals surface area contributed by atoms with E-state index in [1.165, 1.54) is 0 Å². The second-order valence-electron chi connectivity index (χ2n) is 4.32. The Balaban J connectivity index is 2.06. The number of rotatable bonds is 6. The maximum absolute atomic E-state index is 11.8.